The van der Waals surface area contributed by atoms with Crippen LogP contribution >= 0.6 is 0 Å². The van der Waals surface area contributed by atoms with E-state index in [1.54, 1.807) is 6.21 Å². The first-order valence-corrected chi connectivity index (χ1v) is 16.4. The lowest BCUT2D eigenvalue weighted by Gasteiger charge is -2.27. The molecule has 47 heavy (non-hydrogen) atoms. The van der Waals surface area contributed by atoms with Crippen molar-refractivity contribution < 1.29 is 9.52 Å². The fourth-order valence-corrected chi connectivity index (χ4v) is 5.87. The second kappa shape index (κ2) is 12.3. The number of aromatic hydroxyl groups is 1. The van der Waals surface area contributed by atoms with Crippen molar-refractivity contribution in [3.8, 4) is 39.5 Å². The van der Waals surface area contributed by atoms with E-state index in [4.69, 9.17) is 14.4 Å². The number of nitrogens with zero attached hydrogens (tertiary/aromatic N) is 2. The van der Waals surface area contributed by atoms with Gasteiger partial charge < -0.3 is 9.52 Å². The molecular formula is C43H44N2O2. The smallest absolute Gasteiger partial charge is 0.229 e. The zero-order chi connectivity index (χ0) is 33.5. The SMILES string of the molecule is CC(C)c1ccc(-c2ccc(-c3cccc4oc(-c5ccccc5N=Cc5cc(C(C)(C)C)cc(C(C)(C)C)c5O)nc34)cc2)cc1. The minimum Gasteiger partial charge on any atom is -0.507 e. The molecule has 0 amide bonds. The molecular weight excluding hydrogens is 576 g/mol. The summed E-state index contributed by atoms with van der Waals surface area (Å²) in [5, 5.41) is 11.3. The highest BCUT2D eigenvalue weighted by Crippen LogP contribution is 2.39. The molecule has 1 heterocycles. The summed E-state index contributed by atoms with van der Waals surface area (Å²) in [6, 6.07) is 35.5. The maximum Gasteiger partial charge on any atom is 0.229 e. The number of fused-ring (bicyclic) bond motifs is 1. The van der Waals surface area contributed by atoms with Gasteiger partial charge in [-0.15, -0.1) is 0 Å². The summed E-state index contributed by atoms with van der Waals surface area (Å²) >= 11 is 0. The lowest BCUT2D eigenvalue weighted by Crippen LogP contribution is -2.17. The third kappa shape index (κ3) is 6.64. The van der Waals surface area contributed by atoms with E-state index in [1.165, 1.54) is 16.7 Å². The molecule has 0 unspecified atom stereocenters. The number of para-hydroxylation sites is 2. The molecule has 0 aliphatic heterocycles. The maximum absolute atomic E-state index is 11.3. The van der Waals surface area contributed by atoms with E-state index < -0.39 is 0 Å². The molecule has 0 aliphatic carbocycles. The van der Waals surface area contributed by atoms with Gasteiger partial charge >= 0.3 is 0 Å². The quantitative estimate of drug-likeness (QED) is 0.188. The molecule has 0 spiro atoms. The van der Waals surface area contributed by atoms with Crippen LogP contribution in [-0.2, 0) is 10.8 Å². The van der Waals surface area contributed by atoms with Gasteiger partial charge in [0.05, 0.1) is 11.3 Å². The minimum atomic E-state index is -0.221. The Morgan fingerprint density at radius 1 is 0.702 bits per heavy atom. The molecule has 0 atom stereocenters. The van der Waals surface area contributed by atoms with Crippen LogP contribution in [0.5, 0.6) is 5.75 Å². The average molecular weight is 621 g/mol. The van der Waals surface area contributed by atoms with Crippen LogP contribution in [0.2, 0.25) is 0 Å². The highest BCUT2D eigenvalue weighted by Gasteiger charge is 2.25. The summed E-state index contributed by atoms with van der Waals surface area (Å²) < 4.78 is 6.35. The highest BCUT2D eigenvalue weighted by atomic mass is 16.3. The number of oxazole rings is 1. The molecule has 0 bridgehead atoms. The number of aliphatic imine (C=N–C) groups is 1. The van der Waals surface area contributed by atoms with Crippen LogP contribution in [0.3, 0.4) is 0 Å². The van der Waals surface area contributed by atoms with E-state index in [0.717, 1.165) is 38.9 Å². The van der Waals surface area contributed by atoms with Crippen molar-refractivity contribution >= 4 is 23.0 Å². The van der Waals surface area contributed by atoms with E-state index >= 15 is 0 Å². The Bertz CT molecular complexity index is 2070. The number of rotatable bonds is 6. The van der Waals surface area contributed by atoms with Crippen molar-refractivity contribution in [2.75, 3.05) is 0 Å². The molecule has 0 fully saturated rings. The monoisotopic (exact) mass is 620 g/mol. The van der Waals surface area contributed by atoms with Gasteiger partial charge in [-0.25, -0.2) is 4.98 Å². The largest absolute Gasteiger partial charge is 0.507 e. The van der Waals surface area contributed by atoms with Crippen LogP contribution in [0.25, 0.3) is 44.8 Å². The Morgan fingerprint density at radius 3 is 1.96 bits per heavy atom. The lowest BCUT2D eigenvalue weighted by atomic mass is 9.79. The van der Waals surface area contributed by atoms with Crippen LogP contribution in [0.1, 0.15) is 83.6 Å². The standard InChI is InChI=1S/C43H44N2O2/c1-27(2)28-16-18-29(19-17-28)30-20-22-31(23-21-30)34-13-11-15-38-39(34)45-41(47-38)35-12-9-10-14-37(35)44-26-32-24-33(42(3,4)5)25-36(40(32)46)43(6,7)8/h9-27,46H,1-8H3. The van der Waals surface area contributed by atoms with Gasteiger partial charge in [0.2, 0.25) is 5.89 Å². The van der Waals surface area contributed by atoms with Gasteiger partial charge in [-0.2, -0.15) is 0 Å². The Balaban J connectivity index is 1.35. The van der Waals surface area contributed by atoms with Gasteiger partial charge in [0.25, 0.3) is 0 Å². The van der Waals surface area contributed by atoms with Crippen LogP contribution in [0.4, 0.5) is 5.69 Å². The number of phenolic OH excluding ortho intramolecular Hbond substituents is 1. The van der Waals surface area contributed by atoms with Gasteiger partial charge in [0.1, 0.15) is 11.3 Å². The molecule has 4 nitrogen and oxygen atoms in total. The van der Waals surface area contributed by atoms with Gasteiger partial charge in [-0.05, 0) is 68.8 Å². The fourth-order valence-electron chi connectivity index (χ4n) is 5.87. The third-order valence-corrected chi connectivity index (χ3v) is 8.82. The first-order chi connectivity index (χ1) is 22.3. The molecule has 238 valence electrons. The van der Waals surface area contributed by atoms with E-state index in [1.807, 2.05) is 42.5 Å². The molecule has 5 aromatic carbocycles. The first-order valence-electron chi connectivity index (χ1n) is 16.4. The van der Waals surface area contributed by atoms with Gasteiger partial charge in [0, 0.05) is 22.9 Å². The van der Waals surface area contributed by atoms with Gasteiger partial charge in [0.15, 0.2) is 5.58 Å². The zero-order valence-corrected chi connectivity index (χ0v) is 28.7. The second-order valence-electron chi connectivity index (χ2n) is 14.8. The predicted molar refractivity (Wildman–Crippen MR) is 197 cm³/mol. The third-order valence-electron chi connectivity index (χ3n) is 8.82. The molecule has 4 heteroatoms. The molecule has 0 aliphatic rings. The average Bonchev–Trinajstić information content (AvgIpc) is 3.48. The molecule has 1 N–H and O–H groups in total. The lowest BCUT2D eigenvalue weighted by molar-refractivity contribution is 0.444. The number of benzene rings is 5. The number of aromatic nitrogens is 1. The maximum atomic E-state index is 11.3. The molecule has 0 saturated heterocycles. The number of hydrogen-bond donors (Lipinski definition) is 1. The normalized spacial score (nSPS) is 12.4. The van der Waals surface area contributed by atoms with E-state index in [2.05, 4.69) is 116 Å². The van der Waals surface area contributed by atoms with Gasteiger partial charge in [-0.3, -0.25) is 4.99 Å². The summed E-state index contributed by atoms with van der Waals surface area (Å²) in [5.74, 6) is 1.28. The van der Waals surface area contributed by atoms with E-state index in [0.29, 0.717) is 23.1 Å². The zero-order valence-electron chi connectivity index (χ0n) is 28.7. The molecule has 0 radical (unpaired) electrons. The van der Waals surface area contributed by atoms with Crippen molar-refractivity contribution in [2.24, 2.45) is 4.99 Å². The summed E-state index contributed by atoms with van der Waals surface area (Å²) in [5.41, 5.74) is 11.3. The van der Waals surface area contributed by atoms with E-state index in [-0.39, 0.29) is 16.6 Å². The van der Waals surface area contributed by atoms with Gasteiger partial charge in [-0.1, -0.05) is 134 Å². The molecule has 6 rings (SSSR count). The Kier molecular flexibility index (Phi) is 8.40. The Morgan fingerprint density at radius 2 is 1.32 bits per heavy atom. The summed E-state index contributed by atoms with van der Waals surface area (Å²) in [7, 11) is 0. The van der Waals surface area contributed by atoms with Crippen LogP contribution < -0.4 is 0 Å². The van der Waals surface area contributed by atoms with Crippen molar-refractivity contribution in [3.63, 3.8) is 0 Å². The summed E-state index contributed by atoms with van der Waals surface area (Å²) in [6.07, 6.45) is 1.75. The van der Waals surface area contributed by atoms with Crippen LogP contribution in [-0.4, -0.2) is 16.3 Å². The number of phenols is 1. The Hall–Kier alpha value is -4.96. The van der Waals surface area contributed by atoms with Crippen molar-refractivity contribution in [2.45, 2.75) is 72.1 Å². The van der Waals surface area contributed by atoms with Crippen LogP contribution in [0.15, 0.2) is 113 Å². The summed E-state index contributed by atoms with van der Waals surface area (Å²) in [6.45, 7) is 17.3. The predicted octanol–water partition coefficient (Wildman–Crippen LogP) is 12.0. The topological polar surface area (TPSA) is 58.6 Å². The Labute approximate surface area is 278 Å². The first kappa shape index (κ1) is 32.0. The second-order valence-corrected chi connectivity index (χ2v) is 14.8. The molecule has 0 saturated carbocycles. The van der Waals surface area contributed by atoms with Crippen molar-refractivity contribution in [1.29, 1.82) is 0 Å². The minimum absolute atomic E-state index is 0.0799. The molecule has 6 aromatic rings. The van der Waals surface area contributed by atoms with E-state index in [9.17, 15) is 5.11 Å². The highest BCUT2D eigenvalue weighted by molar-refractivity contribution is 5.94. The summed E-state index contributed by atoms with van der Waals surface area (Å²) in [4.78, 5) is 9.88. The fraction of sp³-hybridized carbons (Fsp3) is 0.256. The molecule has 1 aromatic heterocycles. The van der Waals surface area contributed by atoms with Crippen molar-refractivity contribution in [3.05, 3.63) is 125 Å². The van der Waals surface area contributed by atoms with Crippen molar-refractivity contribution in [1.82, 2.24) is 4.98 Å². The van der Waals surface area contributed by atoms with Crippen LogP contribution in [0, 0.1) is 0 Å². The number of hydrogen-bond acceptors (Lipinski definition) is 4.